The van der Waals surface area contributed by atoms with E-state index >= 15 is 0 Å². The number of pyridine rings is 1. The lowest BCUT2D eigenvalue weighted by molar-refractivity contribution is -0.137. The lowest BCUT2D eigenvalue weighted by Gasteiger charge is -2.18. The Morgan fingerprint density at radius 1 is 1.24 bits per heavy atom. The third-order valence-corrected chi connectivity index (χ3v) is 5.17. The Balaban J connectivity index is 1.74. The number of carbonyl (C=O) groups is 2. The molecule has 1 unspecified atom stereocenters. The summed E-state index contributed by atoms with van der Waals surface area (Å²) in [6, 6.07) is 10.3. The Morgan fingerprint density at radius 2 is 1.97 bits per heavy atom. The van der Waals surface area contributed by atoms with E-state index in [1.807, 2.05) is 44.2 Å². The van der Waals surface area contributed by atoms with Crippen molar-refractivity contribution in [1.29, 1.82) is 0 Å². The largest absolute Gasteiger partial charge is 0.481 e. The third-order valence-electron chi connectivity index (χ3n) is 5.17. The maximum atomic E-state index is 13.3. The molecular weight excluding hydrogens is 370 g/mol. The van der Waals surface area contributed by atoms with Crippen molar-refractivity contribution >= 4 is 23.0 Å². The van der Waals surface area contributed by atoms with Crippen LogP contribution in [0.4, 0.5) is 0 Å². The minimum atomic E-state index is -0.981. The molecule has 0 aliphatic heterocycles. The van der Waals surface area contributed by atoms with Crippen LogP contribution in [0.5, 0.6) is 0 Å². The van der Waals surface area contributed by atoms with E-state index < -0.39 is 12.0 Å². The highest BCUT2D eigenvalue weighted by atomic mass is 16.5. The molecule has 1 aromatic carbocycles. The Morgan fingerprint density at radius 3 is 2.59 bits per heavy atom. The second kappa shape index (κ2) is 7.66. The monoisotopic (exact) mass is 393 g/mol. The molecule has 0 spiro atoms. The standard InChI is InChI=1S/C22H23N3O4/c1-12(2)20-19-15(10-16(14-8-9-14)24-22(19)29-25-20)21(28)23-17(11-18(26)27)13-6-4-3-5-7-13/h3-7,10,12,14,17H,8-9,11H2,1-2H3,(H,23,28)(H,26,27). The van der Waals surface area contributed by atoms with Crippen LogP contribution in [0.25, 0.3) is 11.1 Å². The van der Waals surface area contributed by atoms with E-state index in [0.717, 1.165) is 24.1 Å². The Kier molecular flexibility index (Phi) is 5.05. The molecule has 1 atom stereocenters. The summed E-state index contributed by atoms with van der Waals surface area (Å²) >= 11 is 0. The van der Waals surface area contributed by atoms with Gasteiger partial charge in [-0.1, -0.05) is 49.3 Å². The first-order valence-electron chi connectivity index (χ1n) is 9.82. The average Bonchev–Trinajstić information content (AvgIpc) is 3.45. The molecule has 29 heavy (non-hydrogen) atoms. The smallest absolute Gasteiger partial charge is 0.305 e. The number of nitrogens with one attached hydrogen (secondary N) is 1. The van der Waals surface area contributed by atoms with Gasteiger partial charge in [0.25, 0.3) is 11.6 Å². The normalized spacial score (nSPS) is 14.9. The van der Waals surface area contributed by atoms with Crippen LogP contribution < -0.4 is 5.32 Å². The number of rotatable bonds is 7. The average molecular weight is 393 g/mol. The van der Waals surface area contributed by atoms with Gasteiger partial charge < -0.3 is 14.9 Å². The fourth-order valence-corrected chi connectivity index (χ4v) is 3.50. The van der Waals surface area contributed by atoms with Gasteiger partial charge in [-0.05, 0) is 30.4 Å². The summed E-state index contributed by atoms with van der Waals surface area (Å²) in [7, 11) is 0. The van der Waals surface area contributed by atoms with E-state index in [1.54, 1.807) is 6.07 Å². The summed E-state index contributed by atoms with van der Waals surface area (Å²) in [4.78, 5) is 29.2. The van der Waals surface area contributed by atoms with Crippen LogP contribution in [0.15, 0.2) is 40.9 Å². The topological polar surface area (TPSA) is 105 Å². The van der Waals surface area contributed by atoms with Crippen molar-refractivity contribution in [1.82, 2.24) is 15.5 Å². The van der Waals surface area contributed by atoms with Gasteiger partial charge in [0, 0.05) is 11.6 Å². The zero-order valence-corrected chi connectivity index (χ0v) is 16.4. The van der Waals surface area contributed by atoms with E-state index in [0.29, 0.717) is 28.3 Å². The van der Waals surface area contributed by atoms with Crippen LogP contribution >= 0.6 is 0 Å². The lowest BCUT2D eigenvalue weighted by atomic mass is 10.00. The van der Waals surface area contributed by atoms with E-state index in [-0.39, 0.29) is 18.2 Å². The van der Waals surface area contributed by atoms with Crippen LogP contribution in [0, 0.1) is 0 Å². The van der Waals surface area contributed by atoms with Crippen molar-refractivity contribution in [2.24, 2.45) is 0 Å². The molecule has 3 aromatic rings. The molecule has 2 heterocycles. The second-order valence-corrected chi connectivity index (χ2v) is 7.81. The maximum Gasteiger partial charge on any atom is 0.305 e. The van der Waals surface area contributed by atoms with Gasteiger partial charge in [0.1, 0.15) is 0 Å². The summed E-state index contributed by atoms with van der Waals surface area (Å²) in [6.45, 7) is 3.95. The molecule has 4 rings (SSSR count). The Bertz CT molecular complexity index is 1050. The van der Waals surface area contributed by atoms with Gasteiger partial charge in [-0.25, -0.2) is 4.98 Å². The summed E-state index contributed by atoms with van der Waals surface area (Å²) in [5.41, 5.74) is 3.04. The van der Waals surface area contributed by atoms with Crippen LogP contribution in [-0.4, -0.2) is 27.1 Å². The Labute approximate surface area is 168 Å². The van der Waals surface area contributed by atoms with E-state index in [9.17, 15) is 14.7 Å². The molecule has 0 saturated heterocycles. The second-order valence-electron chi connectivity index (χ2n) is 7.81. The highest BCUT2D eigenvalue weighted by Gasteiger charge is 2.30. The number of aliphatic carboxylic acids is 1. The number of benzene rings is 1. The summed E-state index contributed by atoms with van der Waals surface area (Å²) in [5, 5.41) is 17.0. The lowest BCUT2D eigenvalue weighted by Crippen LogP contribution is -2.30. The molecule has 0 radical (unpaired) electrons. The van der Waals surface area contributed by atoms with Crippen molar-refractivity contribution in [3.8, 4) is 0 Å². The number of amides is 1. The minimum Gasteiger partial charge on any atom is -0.481 e. The van der Waals surface area contributed by atoms with Gasteiger partial charge in [0.05, 0.1) is 29.1 Å². The molecule has 1 aliphatic rings. The molecule has 150 valence electrons. The van der Waals surface area contributed by atoms with E-state index in [1.165, 1.54) is 0 Å². The highest BCUT2D eigenvalue weighted by molar-refractivity contribution is 6.06. The number of carbonyl (C=O) groups excluding carboxylic acids is 1. The number of aromatic nitrogens is 2. The maximum absolute atomic E-state index is 13.3. The molecule has 1 aliphatic carbocycles. The third kappa shape index (κ3) is 3.99. The summed E-state index contributed by atoms with van der Waals surface area (Å²) < 4.78 is 5.44. The van der Waals surface area contributed by atoms with E-state index in [4.69, 9.17) is 4.52 Å². The predicted octanol–water partition coefficient (Wildman–Crippen LogP) is 4.17. The fourth-order valence-electron chi connectivity index (χ4n) is 3.50. The molecule has 0 bridgehead atoms. The van der Waals surface area contributed by atoms with Crippen LogP contribution in [0.1, 0.15) is 78.3 Å². The number of carboxylic acid groups (broad SMARTS) is 1. The summed E-state index contributed by atoms with van der Waals surface area (Å²) in [5.74, 6) is -0.937. The molecular formula is C22H23N3O4. The van der Waals surface area contributed by atoms with Crippen molar-refractivity contribution < 1.29 is 19.2 Å². The van der Waals surface area contributed by atoms with Gasteiger partial charge >= 0.3 is 5.97 Å². The number of hydrogen-bond donors (Lipinski definition) is 2. The predicted molar refractivity (Wildman–Crippen MR) is 107 cm³/mol. The molecule has 1 amide bonds. The molecule has 7 nitrogen and oxygen atoms in total. The van der Waals surface area contributed by atoms with Crippen LogP contribution in [0.3, 0.4) is 0 Å². The van der Waals surface area contributed by atoms with Gasteiger partial charge in [-0.3, -0.25) is 9.59 Å². The van der Waals surface area contributed by atoms with Crippen molar-refractivity contribution in [3.63, 3.8) is 0 Å². The molecule has 2 N–H and O–H groups in total. The van der Waals surface area contributed by atoms with Gasteiger partial charge in [-0.15, -0.1) is 0 Å². The van der Waals surface area contributed by atoms with Crippen LogP contribution in [0.2, 0.25) is 0 Å². The number of fused-ring (bicyclic) bond motifs is 1. The highest BCUT2D eigenvalue weighted by Crippen LogP contribution is 2.41. The minimum absolute atomic E-state index is 0.0558. The van der Waals surface area contributed by atoms with Crippen molar-refractivity contribution in [2.45, 2.75) is 51.0 Å². The van der Waals surface area contributed by atoms with Crippen molar-refractivity contribution in [3.05, 3.63) is 58.9 Å². The van der Waals surface area contributed by atoms with Gasteiger partial charge in [0.2, 0.25) is 0 Å². The molecule has 7 heteroatoms. The van der Waals surface area contributed by atoms with Crippen LogP contribution in [-0.2, 0) is 4.79 Å². The molecule has 1 fully saturated rings. The molecule has 1 saturated carbocycles. The van der Waals surface area contributed by atoms with Gasteiger partial charge in [0.15, 0.2) is 0 Å². The fraction of sp³-hybridized carbons (Fsp3) is 0.364. The first kappa shape index (κ1) is 19.1. The SMILES string of the molecule is CC(C)c1noc2nc(C3CC3)cc(C(=O)NC(CC(=O)O)c3ccccc3)c12. The zero-order valence-electron chi connectivity index (χ0n) is 16.4. The Hall–Kier alpha value is -3.22. The number of carboxylic acids is 1. The quantitative estimate of drug-likeness (QED) is 0.624. The van der Waals surface area contributed by atoms with E-state index in [2.05, 4.69) is 15.5 Å². The molecule has 2 aromatic heterocycles. The summed E-state index contributed by atoms with van der Waals surface area (Å²) in [6.07, 6.45) is 1.87. The van der Waals surface area contributed by atoms with Crippen molar-refractivity contribution in [2.75, 3.05) is 0 Å². The zero-order chi connectivity index (χ0) is 20.5. The number of nitrogens with zero attached hydrogens (tertiary/aromatic N) is 2. The first-order valence-corrected chi connectivity index (χ1v) is 9.82. The van der Waals surface area contributed by atoms with Gasteiger partial charge in [-0.2, -0.15) is 0 Å². The first-order chi connectivity index (χ1) is 13.9. The number of hydrogen-bond acceptors (Lipinski definition) is 5.